The first-order valence-corrected chi connectivity index (χ1v) is 10.7. The van der Waals surface area contributed by atoms with E-state index < -0.39 is 0 Å². The highest BCUT2D eigenvalue weighted by Crippen LogP contribution is 2.80. The van der Waals surface area contributed by atoms with Gasteiger partial charge in [0.1, 0.15) is 5.60 Å². The Morgan fingerprint density at radius 3 is 2.77 bits per heavy atom. The molecule has 7 aliphatic rings. The molecule has 0 bridgehead atoms. The summed E-state index contributed by atoms with van der Waals surface area (Å²) in [6.07, 6.45) is 12.7. The third-order valence-electron chi connectivity index (χ3n) is 9.86. The van der Waals surface area contributed by atoms with Gasteiger partial charge >= 0.3 is 5.97 Å². The quantitative estimate of drug-likeness (QED) is 0.626. The predicted molar refractivity (Wildman–Crippen MR) is 94.8 cm³/mol. The molecule has 0 amide bonds. The largest absolute Gasteiger partial charge is 0.451 e. The van der Waals surface area contributed by atoms with Crippen molar-refractivity contribution in [2.24, 2.45) is 52.8 Å². The van der Waals surface area contributed by atoms with E-state index in [1.54, 1.807) is 6.08 Å². The first-order chi connectivity index (χ1) is 12.5. The van der Waals surface area contributed by atoms with Crippen LogP contribution < -0.4 is 0 Å². The number of allylic oxidation sites excluding steroid dienone is 1. The second-order valence-corrected chi connectivity index (χ2v) is 10.5. The van der Waals surface area contributed by atoms with E-state index in [0.717, 1.165) is 42.4 Å². The molecule has 5 fully saturated rings. The summed E-state index contributed by atoms with van der Waals surface area (Å²) in [4.78, 5) is 24.0. The van der Waals surface area contributed by atoms with E-state index >= 15 is 0 Å². The summed E-state index contributed by atoms with van der Waals surface area (Å²) >= 11 is 0. The van der Waals surface area contributed by atoms with Crippen LogP contribution in [0.1, 0.15) is 45.4 Å². The van der Waals surface area contributed by atoms with E-state index in [4.69, 9.17) is 4.74 Å². The summed E-state index contributed by atoms with van der Waals surface area (Å²) in [5.74, 6) is 6.04. The molecule has 3 heteroatoms. The van der Waals surface area contributed by atoms with E-state index in [2.05, 4.69) is 13.0 Å². The first kappa shape index (κ1) is 14.6. The van der Waals surface area contributed by atoms with Crippen LogP contribution >= 0.6 is 0 Å². The maximum absolute atomic E-state index is 12.0. The number of hydrogen-bond acceptors (Lipinski definition) is 3. The molecule has 3 nitrogen and oxygen atoms in total. The third kappa shape index (κ3) is 1.44. The van der Waals surface area contributed by atoms with Crippen molar-refractivity contribution >= 4 is 11.8 Å². The van der Waals surface area contributed by atoms with Gasteiger partial charge in [-0.15, -0.1) is 0 Å². The molecule has 1 heterocycles. The fraction of sp³-hybridized carbons (Fsp3) is 0.739. The average molecular weight is 350 g/mol. The molecular formula is C23H26O3. The normalized spacial score (nSPS) is 60.4. The van der Waals surface area contributed by atoms with Crippen LogP contribution in [-0.2, 0) is 14.3 Å². The lowest BCUT2D eigenvalue weighted by Crippen LogP contribution is -2.55. The zero-order valence-corrected chi connectivity index (χ0v) is 15.3. The second-order valence-electron chi connectivity index (χ2n) is 10.5. The van der Waals surface area contributed by atoms with Crippen LogP contribution in [0.15, 0.2) is 23.8 Å². The number of fused-ring (bicyclic) bond motifs is 12. The Bertz CT molecular complexity index is 823. The highest BCUT2D eigenvalue weighted by Gasteiger charge is 2.79. The predicted octanol–water partition coefficient (Wildman–Crippen LogP) is 3.69. The van der Waals surface area contributed by atoms with Gasteiger partial charge in [0, 0.05) is 23.8 Å². The summed E-state index contributed by atoms with van der Waals surface area (Å²) in [5.41, 5.74) is 1.36. The Labute approximate surface area is 154 Å². The van der Waals surface area contributed by atoms with Gasteiger partial charge in [0.15, 0.2) is 5.78 Å². The molecule has 1 spiro atoms. The summed E-state index contributed by atoms with van der Waals surface area (Å²) in [5, 5.41) is 0. The molecule has 1 aliphatic heterocycles. The van der Waals surface area contributed by atoms with Crippen molar-refractivity contribution in [1.82, 2.24) is 0 Å². The molecule has 0 radical (unpaired) electrons. The Morgan fingerprint density at radius 1 is 1.08 bits per heavy atom. The average Bonchev–Trinajstić information content (AvgIpc) is 3.51. The van der Waals surface area contributed by atoms with Crippen molar-refractivity contribution in [2.45, 2.75) is 51.0 Å². The van der Waals surface area contributed by atoms with E-state index in [-0.39, 0.29) is 17.0 Å². The third-order valence-corrected chi connectivity index (χ3v) is 9.86. The smallest absolute Gasteiger partial charge is 0.331 e. The van der Waals surface area contributed by atoms with E-state index in [9.17, 15) is 9.59 Å². The first-order valence-electron chi connectivity index (χ1n) is 10.7. The molecule has 7 rings (SSSR count). The number of carbonyl (C=O) groups is 2. The molecule has 10 atom stereocenters. The highest BCUT2D eigenvalue weighted by molar-refractivity contribution is 5.91. The number of rotatable bonds is 0. The van der Waals surface area contributed by atoms with Crippen molar-refractivity contribution < 1.29 is 14.3 Å². The SMILES string of the molecule is C[C@]12CCC3C(C4CC4C4=CC(=O)CC[C@@H]43)C1C1CC1C21C=CC(=O)O1. The number of hydrogen-bond donors (Lipinski definition) is 0. The lowest BCUT2D eigenvalue weighted by molar-refractivity contribution is -0.168. The molecule has 0 aromatic carbocycles. The molecule has 136 valence electrons. The van der Waals surface area contributed by atoms with Gasteiger partial charge in [-0.05, 0) is 85.7 Å². The number of ketones is 1. The lowest BCUT2D eigenvalue weighted by Gasteiger charge is -2.56. The molecule has 0 aromatic rings. The van der Waals surface area contributed by atoms with Gasteiger partial charge in [-0.1, -0.05) is 12.5 Å². The van der Waals surface area contributed by atoms with Crippen LogP contribution in [0.2, 0.25) is 0 Å². The lowest BCUT2D eigenvalue weighted by atomic mass is 9.49. The van der Waals surface area contributed by atoms with E-state index in [0.29, 0.717) is 23.5 Å². The van der Waals surface area contributed by atoms with E-state index in [1.165, 1.54) is 31.3 Å². The van der Waals surface area contributed by atoms with Gasteiger partial charge in [-0.3, -0.25) is 4.79 Å². The van der Waals surface area contributed by atoms with Crippen molar-refractivity contribution in [2.75, 3.05) is 0 Å². The summed E-state index contributed by atoms with van der Waals surface area (Å²) in [6.45, 7) is 2.44. The van der Waals surface area contributed by atoms with Crippen LogP contribution in [0, 0.1) is 52.8 Å². The molecule has 5 saturated carbocycles. The Kier molecular flexibility index (Phi) is 2.37. The van der Waals surface area contributed by atoms with Crippen molar-refractivity contribution in [3.8, 4) is 0 Å². The maximum Gasteiger partial charge on any atom is 0.331 e. The van der Waals surface area contributed by atoms with Gasteiger partial charge in [-0.25, -0.2) is 4.79 Å². The van der Waals surface area contributed by atoms with Gasteiger partial charge in [0.25, 0.3) is 0 Å². The van der Waals surface area contributed by atoms with Crippen LogP contribution in [0.3, 0.4) is 0 Å². The summed E-state index contributed by atoms with van der Waals surface area (Å²) < 4.78 is 6.08. The van der Waals surface area contributed by atoms with E-state index in [1.807, 2.05) is 6.08 Å². The van der Waals surface area contributed by atoms with Crippen LogP contribution in [0.25, 0.3) is 0 Å². The minimum atomic E-state index is -0.298. The maximum atomic E-state index is 12.0. The van der Waals surface area contributed by atoms with Crippen molar-refractivity contribution in [1.29, 1.82) is 0 Å². The fourth-order valence-corrected chi connectivity index (χ4v) is 8.94. The zero-order valence-electron chi connectivity index (χ0n) is 15.3. The Balaban J connectivity index is 1.32. The molecule has 6 aliphatic carbocycles. The van der Waals surface area contributed by atoms with Crippen molar-refractivity contribution in [3.05, 3.63) is 23.8 Å². The molecule has 0 aromatic heterocycles. The number of ether oxygens (including phenoxy) is 1. The van der Waals surface area contributed by atoms with Crippen LogP contribution in [-0.4, -0.2) is 17.4 Å². The second kappa shape index (κ2) is 4.20. The number of carbonyl (C=O) groups excluding carboxylic acids is 2. The molecular weight excluding hydrogens is 324 g/mol. The van der Waals surface area contributed by atoms with Gasteiger partial charge < -0.3 is 4.74 Å². The Hall–Kier alpha value is -1.38. The zero-order chi connectivity index (χ0) is 17.4. The minimum absolute atomic E-state index is 0.122. The number of esters is 1. The molecule has 0 saturated heterocycles. The summed E-state index contributed by atoms with van der Waals surface area (Å²) in [7, 11) is 0. The summed E-state index contributed by atoms with van der Waals surface area (Å²) in [6, 6.07) is 0. The standard InChI is InChI=1S/C23H26O3/c1-22-6-4-13-12-3-2-11(24)8-14(12)15-9-16(15)20(13)21(22)17-10-18(17)23(22)7-5-19(25)26-23/h5,7-8,12-13,15-18,20-21H,2-4,6,9-10H2,1H3/t12-,13?,15?,16?,17?,18?,20?,21?,22+,23?/m1/s1. The fourth-order valence-electron chi connectivity index (χ4n) is 8.94. The Morgan fingerprint density at radius 2 is 1.96 bits per heavy atom. The van der Waals surface area contributed by atoms with Gasteiger partial charge in [0.2, 0.25) is 0 Å². The van der Waals surface area contributed by atoms with Crippen LogP contribution in [0.5, 0.6) is 0 Å². The topological polar surface area (TPSA) is 43.4 Å². The molecule has 26 heavy (non-hydrogen) atoms. The van der Waals surface area contributed by atoms with Crippen LogP contribution in [0.4, 0.5) is 0 Å². The van der Waals surface area contributed by atoms with Gasteiger partial charge in [-0.2, -0.15) is 0 Å². The van der Waals surface area contributed by atoms with Gasteiger partial charge in [0.05, 0.1) is 0 Å². The van der Waals surface area contributed by atoms with Crippen molar-refractivity contribution in [3.63, 3.8) is 0 Å². The molecule has 0 N–H and O–H groups in total. The monoisotopic (exact) mass is 350 g/mol. The minimum Gasteiger partial charge on any atom is -0.451 e. The molecule has 8 unspecified atom stereocenters. The highest BCUT2D eigenvalue weighted by atomic mass is 16.6.